The Hall–Kier alpha value is -4.83. The average Bonchev–Trinajstić information content (AvgIpc) is 3.09. The molecule has 0 atom stereocenters. The predicted molar refractivity (Wildman–Crippen MR) is 189 cm³/mol. The Morgan fingerprint density at radius 2 is 1.32 bits per heavy atom. The number of hydrogen-bond acceptors (Lipinski definition) is 4. The first kappa shape index (κ1) is 33.5. The fourth-order valence-electron chi connectivity index (χ4n) is 5.35. The third-order valence-electron chi connectivity index (χ3n) is 7.92. The van der Waals surface area contributed by atoms with Crippen molar-refractivity contribution in [3.8, 4) is 44.9 Å². The van der Waals surface area contributed by atoms with Crippen LogP contribution in [0.25, 0.3) is 55.7 Å². The number of hydrogen-bond donors (Lipinski definition) is 0. The van der Waals surface area contributed by atoms with E-state index in [9.17, 15) is 0 Å². The summed E-state index contributed by atoms with van der Waals surface area (Å²) in [4.78, 5) is 18.0. The number of fused-ring (bicyclic) bond motifs is 1. The molecule has 235 valence electrons. The molecule has 0 amide bonds. The number of nitrogens with zero attached hydrogens (tertiary/aromatic N) is 4. The molecule has 0 unspecified atom stereocenters. The van der Waals surface area contributed by atoms with Crippen LogP contribution in [0.15, 0.2) is 128 Å². The minimum Gasteiger partial charge on any atom is -0.305 e. The summed E-state index contributed by atoms with van der Waals surface area (Å²) in [6.07, 6.45) is 9.40. The Bertz CT molecular complexity index is 2100. The van der Waals surface area contributed by atoms with E-state index in [1.54, 1.807) is 0 Å². The molecule has 4 heterocycles. The van der Waals surface area contributed by atoms with E-state index in [1.165, 1.54) is 11.1 Å². The van der Waals surface area contributed by atoms with E-state index in [1.807, 2.05) is 67.4 Å². The van der Waals surface area contributed by atoms with Crippen molar-refractivity contribution >= 4 is 10.8 Å². The first-order valence-electron chi connectivity index (χ1n) is 15.4. The van der Waals surface area contributed by atoms with E-state index < -0.39 is 0 Å². The maximum atomic E-state index is 4.64. The van der Waals surface area contributed by atoms with Crippen LogP contribution in [0.3, 0.4) is 0 Å². The van der Waals surface area contributed by atoms with Gasteiger partial charge in [-0.3, -0.25) is 9.97 Å². The zero-order valence-electron chi connectivity index (χ0n) is 27.2. The molecule has 0 N–H and O–H groups in total. The van der Waals surface area contributed by atoms with Crippen molar-refractivity contribution in [2.24, 2.45) is 0 Å². The van der Waals surface area contributed by atoms with Gasteiger partial charge in [-0.1, -0.05) is 56.7 Å². The molecular formula is C42H36IrN4-2. The van der Waals surface area contributed by atoms with Crippen LogP contribution in [-0.2, 0) is 25.5 Å². The first-order valence-corrected chi connectivity index (χ1v) is 15.4. The molecule has 0 aliphatic rings. The number of aryl methyl sites for hydroxylation is 2. The van der Waals surface area contributed by atoms with Crippen LogP contribution >= 0.6 is 0 Å². The van der Waals surface area contributed by atoms with Gasteiger partial charge in [-0.05, 0) is 77.0 Å². The van der Waals surface area contributed by atoms with Gasteiger partial charge < -0.3 is 9.97 Å². The number of rotatable bonds is 4. The van der Waals surface area contributed by atoms with Gasteiger partial charge in [0, 0.05) is 62.0 Å². The van der Waals surface area contributed by atoms with Crippen molar-refractivity contribution in [3.63, 3.8) is 0 Å². The summed E-state index contributed by atoms with van der Waals surface area (Å²) in [6, 6.07) is 39.5. The van der Waals surface area contributed by atoms with Crippen LogP contribution in [0.5, 0.6) is 0 Å². The smallest absolute Gasteiger partial charge is 0.0708 e. The van der Waals surface area contributed by atoms with Gasteiger partial charge in [0.25, 0.3) is 0 Å². The molecule has 1 radical (unpaired) electrons. The molecule has 0 spiro atoms. The average molecular weight is 789 g/mol. The zero-order chi connectivity index (χ0) is 32.1. The largest absolute Gasteiger partial charge is 0.305 e. The quantitative estimate of drug-likeness (QED) is 0.167. The molecule has 47 heavy (non-hydrogen) atoms. The first-order chi connectivity index (χ1) is 22.3. The molecule has 7 aromatic rings. The molecule has 0 fully saturated rings. The second kappa shape index (κ2) is 14.7. The Balaban J connectivity index is 0.000000260. The summed E-state index contributed by atoms with van der Waals surface area (Å²) < 4.78 is 0. The van der Waals surface area contributed by atoms with E-state index >= 15 is 0 Å². The maximum absolute atomic E-state index is 4.64. The van der Waals surface area contributed by atoms with E-state index in [2.05, 4.69) is 127 Å². The zero-order valence-corrected chi connectivity index (χ0v) is 29.6. The van der Waals surface area contributed by atoms with Crippen LogP contribution < -0.4 is 0 Å². The summed E-state index contributed by atoms with van der Waals surface area (Å²) in [7, 11) is 0. The van der Waals surface area contributed by atoms with Crippen molar-refractivity contribution < 1.29 is 20.1 Å². The van der Waals surface area contributed by atoms with E-state index in [4.69, 9.17) is 0 Å². The molecule has 3 aromatic carbocycles. The predicted octanol–water partition coefficient (Wildman–Crippen LogP) is 10.3. The van der Waals surface area contributed by atoms with Crippen molar-refractivity contribution in [2.75, 3.05) is 0 Å². The fraction of sp³-hybridized carbons (Fsp3) is 0.143. The second-order valence-electron chi connectivity index (χ2n) is 12.5. The maximum Gasteiger partial charge on any atom is 0.0708 e. The molecule has 0 saturated heterocycles. The molecular weight excluding hydrogens is 753 g/mol. The molecule has 7 rings (SSSR count). The monoisotopic (exact) mass is 789 g/mol. The van der Waals surface area contributed by atoms with Gasteiger partial charge in [-0.15, -0.1) is 71.3 Å². The van der Waals surface area contributed by atoms with Gasteiger partial charge in [-0.2, -0.15) is 0 Å². The summed E-state index contributed by atoms with van der Waals surface area (Å²) in [6.45, 7) is 10.8. The van der Waals surface area contributed by atoms with Gasteiger partial charge in [0.1, 0.15) is 0 Å². The third-order valence-corrected chi connectivity index (χ3v) is 7.92. The van der Waals surface area contributed by atoms with Crippen molar-refractivity contribution in [1.29, 1.82) is 0 Å². The second-order valence-corrected chi connectivity index (χ2v) is 12.5. The van der Waals surface area contributed by atoms with Crippen LogP contribution in [0, 0.1) is 26.0 Å². The normalized spacial score (nSPS) is 10.9. The van der Waals surface area contributed by atoms with E-state index in [0.717, 1.165) is 61.2 Å². The molecule has 4 aromatic heterocycles. The minimum absolute atomic E-state index is 0. The van der Waals surface area contributed by atoms with Gasteiger partial charge in [0.2, 0.25) is 0 Å². The molecule has 0 saturated carbocycles. The van der Waals surface area contributed by atoms with Crippen LogP contribution in [-0.4, -0.2) is 19.9 Å². The SMILES string of the molecule is Cc1ccc(-c2ccc(-c3cc[c-]c(-c4cc(C(C)(C)C)ccn4)c3)c3ccncc23)nc1.Cc1ccnc(-c2[c-]cccc2)c1.[Ir]. The van der Waals surface area contributed by atoms with Crippen molar-refractivity contribution in [2.45, 2.75) is 40.0 Å². The van der Waals surface area contributed by atoms with E-state index in [-0.39, 0.29) is 25.5 Å². The Morgan fingerprint density at radius 1 is 0.553 bits per heavy atom. The molecule has 0 bridgehead atoms. The van der Waals surface area contributed by atoms with E-state index in [0.29, 0.717) is 0 Å². The Morgan fingerprint density at radius 3 is 2.04 bits per heavy atom. The summed E-state index contributed by atoms with van der Waals surface area (Å²) in [5.41, 5.74) is 12.0. The Labute approximate surface area is 291 Å². The molecule has 0 aliphatic heterocycles. The van der Waals surface area contributed by atoms with Crippen LogP contribution in [0.4, 0.5) is 0 Å². The topological polar surface area (TPSA) is 51.6 Å². The summed E-state index contributed by atoms with van der Waals surface area (Å²) in [5.74, 6) is 0. The van der Waals surface area contributed by atoms with Gasteiger partial charge in [-0.25, -0.2) is 0 Å². The number of aromatic nitrogens is 4. The molecule has 5 heteroatoms. The van der Waals surface area contributed by atoms with Crippen molar-refractivity contribution in [3.05, 3.63) is 157 Å². The summed E-state index contributed by atoms with van der Waals surface area (Å²) in [5, 5.41) is 2.24. The van der Waals surface area contributed by atoms with Gasteiger partial charge in [0.15, 0.2) is 0 Å². The number of pyridine rings is 4. The van der Waals surface area contributed by atoms with Crippen molar-refractivity contribution in [1.82, 2.24) is 19.9 Å². The standard InChI is InChI=1S/C30H26N3.C12H10N.Ir/c1-20-8-11-28(33-18-20)26-10-9-24(25-13-14-31-19-27(25)26)21-6-5-7-22(16-21)29-17-23(12-15-32-29)30(2,3)4;1-10-7-8-13-12(9-10)11-5-3-2-4-6-11;/h5-6,8-19H,1-4H3;2-5,7-9H,1H3;/q2*-1;. The fourth-order valence-corrected chi connectivity index (χ4v) is 5.35. The minimum atomic E-state index is 0. The van der Waals surface area contributed by atoms with Gasteiger partial charge in [0.05, 0.1) is 5.69 Å². The Kier molecular flexibility index (Phi) is 10.5. The van der Waals surface area contributed by atoms with Crippen LogP contribution in [0.1, 0.15) is 37.5 Å². The summed E-state index contributed by atoms with van der Waals surface area (Å²) >= 11 is 0. The molecule has 0 aliphatic carbocycles. The number of benzene rings is 3. The third kappa shape index (κ3) is 7.94. The van der Waals surface area contributed by atoms with Crippen LogP contribution in [0.2, 0.25) is 0 Å². The van der Waals surface area contributed by atoms with Gasteiger partial charge >= 0.3 is 0 Å². The molecule has 4 nitrogen and oxygen atoms in total.